The molecule has 3 nitrogen and oxygen atoms in total. The molecular formula is C16H20N2O. The highest BCUT2D eigenvalue weighted by Gasteiger charge is 2.25. The number of piperidine rings is 1. The number of hydrogen-bond donors (Lipinski definition) is 0. The Morgan fingerprint density at radius 2 is 2.11 bits per heavy atom. The second-order valence-corrected chi connectivity index (χ2v) is 5.26. The van der Waals surface area contributed by atoms with Crippen molar-refractivity contribution >= 4 is 5.91 Å². The molecule has 0 spiro atoms. The van der Waals surface area contributed by atoms with Gasteiger partial charge in [-0.15, -0.1) is 0 Å². The Hall–Kier alpha value is -1.82. The van der Waals surface area contributed by atoms with Gasteiger partial charge in [0, 0.05) is 13.1 Å². The number of nitrogens with zero attached hydrogens (tertiary/aromatic N) is 2. The lowest BCUT2D eigenvalue weighted by Crippen LogP contribution is -2.40. The number of amides is 1. The zero-order valence-electron chi connectivity index (χ0n) is 11.4. The van der Waals surface area contributed by atoms with Crippen LogP contribution < -0.4 is 0 Å². The van der Waals surface area contributed by atoms with Gasteiger partial charge in [-0.3, -0.25) is 4.79 Å². The van der Waals surface area contributed by atoms with E-state index in [0.29, 0.717) is 6.42 Å². The van der Waals surface area contributed by atoms with Crippen LogP contribution in [0.4, 0.5) is 0 Å². The van der Waals surface area contributed by atoms with Crippen LogP contribution in [-0.4, -0.2) is 23.9 Å². The predicted octanol–water partition coefficient (Wildman–Crippen LogP) is 2.69. The van der Waals surface area contributed by atoms with Crippen molar-refractivity contribution in [1.82, 2.24) is 4.90 Å². The lowest BCUT2D eigenvalue weighted by molar-refractivity contribution is -0.134. The summed E-state index contributed by atoms with van der Waals surface area (Å²) in [6.07, 6.45) is 3.84. The summed E-state index contributed by atoms with van der Waals surface area (Å²) >= 11 is 0. The summed E-state index contributed by atoms with van der Waals surface area (Å²) in [6, 6.07) is 10.2. The molecule has 2 rings (SSSR count). The summed E-state index contributed by atoms with van der Waals surface area (Å²) in [5.41, 5.74) is 2.23. The van der Waals surface area contributed by atoms with E-state index in [1.165, 1.54) is 12.0 Å². The van der Waals surface area contributed by atoms with Crippen molar-refractivity contribution in [2.45, 2.75) is 32.6 Å². The van der Waals surface area contributed by atoms with Crippen LogP contribution in [0.15, 0.2) is 24.3 Å². The number of rotatable bonds is 3. The van der Waals surface area contributed by atoms with Gasteiger partial charge in [0.2, 0.25) is 5.91 Å². The molecule has 0 bridgehead atoms. The Balaban J connectivity index is 2.03. The molecule has 1 aromatic carbocycles. The van der Waals surface area contributed by atoms with Crippen molar-refractivity contribution in [3.05, 3.63) is 35.4 Å². The fourth-order valence-corrected chi connectivity index (χ4v) is 2.60. The number of hydrogen-bond acceptors (Lipinski definition) is 2. The van der Waals surface area contributed by atoms with E-state index in [1.54, 1.807) is 0 Å². The van der Waals surface area contributed by atoms with Gasteiger partial charge < -0.3 is 4.90 Å². The highest BCUT2D eigenvalue weighted by Crippen LogP contribution is 2.16. The maximum absolute atomic E-state index is 12.3. The van der Waals surface area contributed by atoms with Gasteiger partial charge in [0.1, 0.15) is 5.92 Å². The molecule has 1 aliphatic rings. The summed E-state index contributed by atoms with van der Waals surface area (Å²) in [5, 5.41) is 9.26. The summed E-state index contributed by atoms with van der Waals surface area (Å²) in [5.74, 6) is -0.538. The van der Waals surface area contributed by atoms with E-state index in [4.69, 9.17) is 0 Å². The molecule has 1 atom stereocenters. The summed E-state index contributed by atoms with van der Waals surface area (Å²) in [7, 11) is 0. The Morgan fingerprint density at radius 1 is 1.37 bits per heavy atom. The van der Waals surface area contributed by atoms with Crippen molar-refractivity contribution in [2.75, 3.05) is 13.1 Å². The third kappa shape index (κ3) is 3.57. The molecule has 0 radical (unpaired) electrons. The van der Waals surface area contributed by atoms with Gasteiger partial charge in [-0.05, 0) is 38.2 Å². The summed E-state index contributed by atoms with van der Waals surface area (Å²) in [4.78, 5) is 14.2. The molecule has 1 amide bonds. The standard InChI is InChI=1S/C16H20N2O/c1-13-6-5-7-14(10-13)11-15(12-17)16(19)18-8-3-2-4-9-18/h5-7,10,15H,2-4,8-9,11H2,1H3. The number of aryl methyl sites for hydroxylation is 1. The Morgan fingerprint density at radius 3 is 2.74 bits per heavy atom. The van der Waals surface area contributed by atoms with Crippen LogP contribution >= 0.6 is 0 Å². The minimum Gasteiger partial charge on any atom is -0.342 e. The minimum atomic E-state index is -0.542. The zero-order chi connectivity index (χ0) is 13.7. The van der Waals surface area contributed by atoms with Crippen molar-refractivity contribution in [3.8, 4) is 6.07 Å². The first-order chi connectivity index (χ1) is 9.20. The molecule has 1 saturated heterocycles. The van der Waals surface area contributed by atoms with E-state index in [-0.39, 0.29) is 5.91 Å². The summed E-state index contributed by atoms with van der Waals surface area (Å²) < 4.78 is 0. The monoisotopic (exact) mass is 256 g/mol. The number of nitriles is 1. The fraction of sp³-hybridized carbons (Fsp3) is 0.500. The molecule has 1 unspecified atom stereocenters. The van der Waals surface area contributed by atoms with Gasteiger partial charge in [-0.2, -0.15) is 5.26 Å². The maximum atomic E-state index is 12.3. The van der Waals surface area contributed by atoms with Crippen molar-refractivity contribution < 1.29 is 4.79 Å². The molecular weight excluding hydrogens is 236 g/mol. The van der Waals surface area contributed by atoms with Gasteiger partial charge in [-0.25, -0.2) is 0 Å². The molecule has 3 heteroatoms. The first kappa shape index (κ1) is 13.6. The number of benzene rings is 1. The summed E-state index contributed by atoms with van der Waals surface area (Å²) in [6.45, 7) is 3.65. The second kappa shape index (κ2) is 6.38. The average Bonchev–Trinajstić information content (AvgIpc) is 2.45. The van der Waals surface area contributed by atoms with Crippen LogP contribution in [0.1, 0.15) is 30.4 Å². The largest absolute Gasteiger partial charge is 0.342 e. The third-order valence-corrected chi connectivity index (χ3v) is 3.64. The van der Waals surface area contributed by atoms with E-state index < -0.39 is 5.92 Å². The van der Waals surface area contributed by atoms with Crippen LogP contribution in [0.25, 0.3) is 0 Å². The lowest BCUT2D eigenvalue weighted by Gasteiger charge is -2.28. The highest BCUT2D eigenvalue weighted by atomic mass is 16.2. The second-order valence-electron chi connectivity index (χ2n) is 5.26. The smallest absolute Gasteiger partial charge is 0.240 e. The van der Waals surface area contributed by atoms with Crippen LogP contribution in [0, 0.1) is 24.2 Å². The Bertz CT molecular complexity index is 484. The average molecular weight is 256 g/mol. The van der Waals surface area contributed by atoms with Gasteiger partial charge in [-0.1, -0.05) is 29.8 Å². The molecule has 1 fully saturated rings. The van der Waals surface area contributed by atoms with Crippen molar-refractivity contribution in [1.29, 1.82) is 5.26 Å². The van der Waals surface area contributed by atoms with Crippen LogP contribution in [0.3, 0.4) is 0 Å². The van der Waals surface area contributed by atoms with E-state index in [9.17, 15) is 10.1 Å². The quantitative estimate of drug-likeness (QED) is 0.834. The molecule has 0 aromatic heterocycles. The molecule has 1 aromatic rings. The third-order valence-electron chi connectivity index (χ3n) is 3.64. The Labute approximate surface area is 114 Å². The number of likely N-dealkylation sites (tertiary alicyclic amines) is 1. The molecule has 19 heavy (non-hydrogen) atoms. The minimum absolute atomic E-state index is 0.00343. The van der Waals surface area contributed by atoms with E-state index in [0.717, 1.165) is 31.5 Å². The maximum Gasteiger partial charge on any atom is 0.240 e. The van der Waals surface area contributed by atoms with Crippen LogP contribution in [0.5, 0.6) is 0 Å². The number of carbonyl (C=O) groups is 1. The van der Waals surface area contributed by atoms with Crippen LogP contribution in [-0.2, 0) is 11.2 Å². The fourth-order valence-electron chi connectivity index (χ4n) is 2.60. The van der Waals surface area contributed by atoms with Gasteiger partial charge in [0.05, 0.1) is 6.07 Å². The molecule has 0 saturated carbocycles. The first-order valence-corrected chi connectivity index (χ1v) is 6.94. The SMILES string of the molecule is Cc1cccc(CC(C#N)C(=O)N2CCCCC2)c1. The molecule has 100 valence electrons. The van der Waals surface area contributed by atoms with E-state index >= 15 is 0 Å². The molecule has 1 aliphatic heterocycles. The van der Waals surface area contributed by atoms with Gasteiger partial charge >= 0.3 is 0 Å². The van der Waals surface area contributed by atoms with E-state index in [2.05, 4.69) is 6.07 Å². The van der Waals surface area contributed by atoms with E-state index in [1.807, 2.05) is 36.1 Å². The molecule has 0 aliphatic carbocycles. The van der Waals surface area contributed by atoms with Crippen molar-refractivity contribution in [2.24, 2.45) is 5.92 Å². The van der Waals surface area contributed by atoms with Gasteiger partial charge in [0.15, 0.2) is 0 Å². The number of carbonyl (C=O) groups excluding carboxylic acids is 1. The molecule has 1 heterocycles. The predicted molar refractivity (Wildman–Crippen MR) is 74.4 cm³/mol. The highest BCUT2D eigenvalue weighted by molar-refractivity contribution is 5.81. The van der Waals surface area contributed by atoms with Gasteiger partial charge in [0.25, 0.3) is 0 Å². The van der Waals surface area contributed by atoms with Crippen molar-refractivity contribution in [3.63, 3.8) is 0 Å². The van der Waals surface area contributed by atoms with Crippen LogP contribution in [0.2, 0.25) is 0 Å². The topological polar surface area (TPSA) is 44.1 Å². The lowest BCUT2D eigenvalue weighted by atomic mass is 9.97. The first-order valence-electron chi connectivity index (χ1n) is 6.94. The normalized spacial score (nSPS) is 16.7. The molecule has 0 N–H and O–H groups in total. The Kier molecular flexibility index (Phi) is 4.57. The zero-order valence-corrected chi connectivity index (χ0v) is 11.4.